The quantitative estimate of drug-likeness (QED) is 0.754. The molecule has 1 aromatic rings. The van der Waals surface area contributed by atoms with Crippen LogP contribution in [0.2, 0.25) is 0 Å². The van der Waals surface area contributed by atoms with Gasteiger partial charge in [-0.05, 0) is 20.8 Å². The molecule has 0 aliphatic carbocycles. The molecule has 0 heterocycles. The van der Waals surface area contributed by atoms with Crippen molar-refractivity contribution in [3.63, 3.8) is 0 Å². The van der Waals surface area contributed by atoms with Crippen LogP contribution < -0.4 is 0 Å². The number of carbonyl (C=O) groups is 2. The van der Waals surface area contributed by atoms with E-state index >= 15 is 0 Å². The molecule has 0 N–H and O–H groups in total. The Bertz CT molecular complexity index is 399. The summed E-state index contributed by atoms with van der Waals surface area (Å²) in [6, 6.07) is 8.83. The molecule has 1 rings (SSSR count). The highest BCUT2D eigenvalue weighted by Gasteiger charge is 2.21. The second-order valence-electron chi connectivity index (χ2n) is 3.93. The Morgan fingerprint density at radius 1 is 1.17 bits per heavy atom. The number of benzene rings is 1. The number of Topliss-reactive ketones (excluding diaryl/α,β-unsaturated/α-hetero) is 1. The summed E-state index contributed by atoms with van der Waals surface area (Å²) >= 11 is 0. The van der Waals surface area contributed by atoms with E-state index in [-0.39, 0.29) is 5.78 Å². The first-order chi connectivity index (χ1) is 8.60. The molecular formula is C14H19NO3. The van der Waals surface area contributed by atoms with E-state index in [1.165, 1.54) is 4.90 Å². The lowest BCUT2D eigenvalue weighted by atomic mass is 10.1. The molecule has 0 aliphatic rings. The van der Waals surface area contributed by atoms with Gasteiger partial charge >= 0.3 is 6.09 Å². The summed E-state index contributed by atoms with van der Waals surface area (Å²) in [7, 11) is 0. The SMILES string of the molecule is CCN(CC)C(=O)OC(C)C(=O)c1ccccc1. The summed E-state index contributed by atoms with van der Waals surface area (Å²) in [4.78, 5) is 25.2. The van der Waals surface area contributed by atoms with Crippen LogP contribution in [0.3, 0.4) is 0 Å². The average Bonchev–Trinajstić information content (AvgIpc) is 2.40. The number of carbonyl (C=O) groups excluding carboxylic acids is 2. The number of nitrogens with zero attached hydrogens (tertiary/aromatic N) is 1. The van der Waals surface area contributed by atoms with Crippen LogP contribution in [0.5, 0.6) is 0 Å². The van der Waals surface area contributed by atoms with Gasteiger partial charge in [0.25, 0.3) is 0 Å². The maximum absolute atomic E-state index is 12.0. The molecule has 0 spiro atoms. The predicted octanol–water partition coefficient (Wildman–Crippen LogP) is 2.74. The van der Waals surface area contributed by atoms with Crippen LogP contribution in [-0.2, 0) is 4.74 Å². The molecule has 0 aliphatic heterocycles. The van der Waals surface area contributed by atoms with Gasteiger partial charge in [0.15, 0.2) is 6.10 Å². The molecule has 1 amide bonds. The first-order valence-corrected chi connectivity index (χ1v) is 6.15. The van der Waals surface area contributed by atoms with E-state index in [1.54, 1.807) is 31.2 Å². The minimum absolute atomic E-state index is 0.184. The van der Waals surface area contributed by atoms with Crippen LogP contribution in [0.25, 0.3) is 0 Å². The Kier molecular flexibility index (Phi) is 5.36. The fraction of sp³-hybridized carbons (Fsp3) is 0.429. The molecule has 1 aromatic carbocycles. The lowest BCUT2D eigenvalue weighted by Crippen LogP contribution is -2.35. The minimum Gasteiger partial charge on any atom is -0.438 e. The number of hydrogen-bond acceptors (Lipinski definition) is 3. The summed E-state index contributed by atoms with van der Waals surface area (Å²) in [5.41, 5.74) is 0.553. The zero-order valence-electron chi connectivity index (χ0n) is 11.1. The fourth-order valence-electron chi connectivity index (χ4n) is 1.60. The second-order valence-corrected chi connectivity index (χ2v) is 3.93. The van der Waals surface area contributed by atoms with Gasteiger partial charge in [-0.15, -0.1) is 0 Å². The Hall–Kier alpha value is -1.84. The summed E-state index contributed by atoms with van der Waals surface area (Å²) in [6.45, 7) is 6.47. The third-order valence-corrected chi connectivity index (χ3v) is 2.73. The Balaban J connectivity index is 2.63. The largest absolute Gasteiger partial charge is 0.438 e. The molecule has 0 radical (unpaired) electrons. The number of rotatable bonds is 5. The van der Waals surface area contributed by atoms with Gasteiger partial charge in [-0.2, -0.15) is 0 Å². The zero-order chi connectivity index (χ0) is 13.5. The monoisotopic (exact) mass is 249 g/mol. The molecule has 0 saturated carbocycles. The van der Waals surface area contributed by atoms with Crippen LogP contribution in [0.15, 0.2) is 30.3 Å². The van der Waals surface area contributed by atoms with Crippen molar-refractivity contribution in [2.45, 2.75) is 26.9 Å². The standard InChI is InChI=1S/C14H19NO3/c1-4-15(5-2)14(17)18-11(3)13(16)12-9-7-6-8-10-12/h6-11H,4-5H2,1-3H3. The molecule has 18 heavy (non-hydrogen) atoms. The Morgan fingerprint density at radius 3 is 2.22 bits per heavy atom. The molecule has 4 heteroatoms. The van der Waals surface area contributed by atoms with Crippen molar-refractivity contribution < 1.29 is 14.3 Å². The molecular weight excluding hydrogens is 230 g/mol. The summed E-state index contributed by atoms with van der Waals surface area (Å²) in [6.07, 6.45) is -1.21. The van der Waals surface area contributed by atoms with Crippen LogP contribution in [0, 0.1) is 0 Å². The van der Waals surface area contributed by atoms with Gasteiger partial charge in [-0.25, -0.2) is 4.79 Å². The van der Waals surface area contributed by atoms with Crippen molar-refractivity contribution in [3.8, 4) is 0 Å². The Morgan fingerprint density at radius 2 is 1.72 bits per heavy atom. The molecule has 0 bridgehead atoms. The maximum Gasteiger partial charge on any atom is 0.410 e. The van der Waals surface area contributed by atoms with E-state index in [9.17, 15) is 9.59 Å². The third-order valence-electron chi connectivity index (χ3n) is 2.73. The van der Waals surface area contributed by atoms with Crippen LogP contribution in [-0.4, -0.2) is 36.0 Å². The van der Waals surface area contributed by atoms with E-state index in [4.69, 9.17) is 4.74 Å². The van der Waals surface area contributed by atoms with E-state index in [2.05, 4.69) is 0 Å². The first-order valence-electron chi connectivity index (χ1n) is 6.15. The van der Waals surface area contributed by atoms with Crippen molar-refractivity contribution >= 4 is 11.9 Å². The second kappa shape index (κ2) is 6.79. The van der Waals surface area contributed by atoms with Crippen molar-refractivity contribution in [2.75, 3.05) is 13.1 Å². The van der Waals surface area contributed by atoms with Gasteiger partial charge in [-0.1, -0.05) is 30.3 Å². The average molecular weight is 249 g/mol. The van der Waals surface area contributed by atoms with E-state index in [0.29, 0.717) is 18.7 Å². The lowest BCUT2D eigenvalue weighted by Gasteiger charge is -2.20. The zero-order valence-corrected chi connectivity index (χ0v) is 11.1. The van der Waals surface area contributed by atoms with E-state index in [0.717, 1.165) is 0 Å². The topological polar surface area (TPSA) is 46.6 Å². The predicted molar refractivity (Wildman–Crippen MR) is 69.6 cm³/mol. The van der Waals surface area contributed by atoms with Gasteiger partial charge < -0.3 is 9.64 Å². The van der Waals surface area contributed by atoms with E-state index in [1.807, 2.05) is 19.9 Å². The lowest BCUT2D eigenvalue weighted by molar-refractivity contribution is 0.0549. The highest BCUT2D eigenvalue weighted by molar-refractivity contribution is 6.00. The van der Waals surface area contributed by atoms with Gasteiger partial charge in [0.1, 0.15) is 0 Å². The van der Waals surface area contributed by atoms with Gasteiger partial charge in [0.05, 0.1) is 0 Å². The Labute approximate surface area is 108 Å². The van der Waals surface area contributed by atoms with Crippen LogP contribution in [0.4, 0.5) is 4.79 Å². The summed E-state index contributed by atoms with van der Waals surface area (Å²) < 4.78 is 5.15. The smallest absolute Gasteiger partial charge is 0.410 e. The van der Waals surface area contributed by atoms with Gasteiger partial charge in [-0.3, -0.25) is 4.79 Å². The third kappa shape index (κ3) is 3.58. The van der Waals surface area contributed by atoms with Crippen molar-refractivity contribution in [1.82, 2.24) is 4.90 Å². The van der Waals surface area contributed by atoms with Crippen LogP contribution >= 0.6 is 0 Å². The first kappa shape index (κ1) is 14.2. The van der Waals surface area contributed by atoms with Crippen LogP contribution in [0.1, 0.15) is 31.1 Å². The molecule has 1 unspecified atom stereocenters. The molecule has 4 nitrogen and oxygen atoms in total. The normalized spacial score (nSPS) is 11.7. The maximum atomic E-state index is 12.0. The van der Waals surface area contributed by atoms with Gasteiger partial charge in [0, 0.05) is 18.7 Å². The number of hydrogen-bond donors (Lipinski definition) is 0. The molecule has 0 fully saturated rings. The fourth-order valence-corrected chi connectivity index (χ4v) is 1.60. The molecule has 1 atom stereocenters. The number of ketones is 1. The van der Waals surface area contributed by atoms with E-state index < -0.39 is 12.2 Å². The summed E-state index contributed by atoms with van der Waals surface area (Å²) in [5, 5.41) is 0. The molecule has 0 aromatic heterocycles. The molecule has 98 valence electrons. The van der Waals surface area contributed by atoms with Crippen molar-refractivity contribution in [2.24, 2.45) is 0 Å². The highest BCUT2D eigenvalue weighted by Crippen LogP contribution is 2.07. The number of ether oxygens (including phenoxy) is 1. The number of amides is 1. The van der Waals surface area contributed by atoms with Gasteiger partial charge in [0.2, 0.25) is 5.78 Å². The van der Waals surface area contributed by atoms with Crippen molar-refractivity contribution in [3.05, 3.63) is 35.9 Å². The minimum atomic E-state index is -0.763. The summed E-state index contributed by atoms with van der Waals surface area (Å²) in [5.74, 6) is -0.184. The highest BCUT2D eigenvalue weighted by atomic mass is 16.6. The molecule has 0 saturated heterocycles. The van der Waals surface area contributed by atoms with Crippen molar-refractivity contribution in [1.29, 1.82) is 0 Å².